The second kappa shape index (κ2) is 6.44. The Morgan fingerprint density at radius 2 is 2.28 bits per heavy atom. The van der Waals surface area contributed by atoms with E-state index in [1.54, 1.807) is 16.8 Å². The highest BCUT2D eigenvalue weighted by Crippen LogP contribution is 2.24. The number of nitrogens with zero attached hydrogens (tertiary/aromatic N) is 3. The van der Waals surface area contributed by atoms with Crippen LogP contribution in [0, 0.1) is 12.7 Å². The molecule has 1 aliphatic rings. The Hall–Kier alpha value is -2.47. The van der Waals surface area contributed by atoms with E-state index in [1.807, 2.05) is 23.6 Å². The molecule has 0 N–H and O–H groups in total. The number of hydrogen-bond acceptors (Lipinski definition) is 3. The van der Waals surface area contributed by atoms with Crippen LogP contribution in [0.2, 0.25) is 0 Å². The third kappa shape index (κ3) is 2.98. The zero-order chi connectivity index (χ0) is 17.4. The monoisotopic (exact) mass is 341 g/mol. The molecule has 5 nitrogen and oxygen atoms in total. The molecule has 2 aromatic heterocycles. The molecule has 1 aromatic carbocycles. The molecular weight excluding hydrogens is 321 g/mol. The zero-order valence-electron chi connectivity index (χ0n) is 14.1. The van der Waals surface area contributed by atoms with Crippen molar-refractivity contribution in [2.45, 2.75) is 32.2 Å². The molecule has 0 radical (unpaired) electrons. The van der Waals surface area contributed by atoms with Gasteiger partial charge in [-0.2, -0.15) is 0 Å². The van der Waals surface area contributed by atoms with Crippen molar-refractivity contribution in [1.29, 1.82) is 0 Å². The summed E-state index contributed by atoms with van der Waals surface area (Å²) in [5, 5.41) is 0. The molecule has 0 saturated carbocycles. The van der Waals surface area contributed by atoms with Crippen LogP contribution in [0.15, 0.2) is 41.5 Å². The van der Waals surface area contributed by atoms with Gasteiger partial charge in [0.1, 0.15) is 17.2 Å². The first-order valence-electron chi connectivity index (χ1n) is 8.53. The first-order chi connectivity index (χ1) is 12.1. The highest BCUT2D eigenvalue weighted by atomic mass is 19.1. The van der Waals surface area contributed by atoms with Gasteiger partial charge in [0.2, 0.25) is 0 Å². The van der Waals surface area contributed by atoms with Gasteiger partial charge in [0, 0.05) is 24.4 Å². The second-order valence-electron chi connectivity index (χ2n) is 6.58. The molecule has 1 aliphatic heterocycles. The van der Waals surface area contributed by atoms with Crippen molar-refractivity contribution < 1.29 is 9.13 Å². The van der Waals surface area contributed by atoms with E-state index in [0.29, 0.717) is 18.7 Å². The van der Waals surface area contributed by atoms with Crippen LogP contribution in [0.1, 0.15) is 35.8 Å². The van der Waals surface area contributed by atoms with Gasteiger partial charge in [-0.1, -0.05) is 12.1 Å². The summed E-state index contributed by atoms with van der Waals surface area (Å²) in [6.07, 6.45) is 5.60. The number of fused-ring (bicyclic) bond motifs is 1. The maximum atomic E-state index is 13.4. The van der Waals surface area contributed by atoms with E-state index in [0.717, 1.165) is 36.5 Å². The molecule has 130 valence electrons. The van der Waals surface area contributed by atoms with E-state index in [2.05, 4.69) is 4.98 Å². The third-order valence-electron chi connectivity index (χ3n) is 4.79. The van der Waals surface area contributed by atoms with Crippen molar-refractivity contribution in [2.75, 3.05) is 13.2 Å². The fraction of sp³-hybridized carbons (Fsp3) is 0.368. The lowest BCUT2D eigenvalue weighted by molar-refractivity contribution is 0.0779. The van der Waals surface area contributed by atoms with Gasteiger partial charge in [-0.15, -0.1) is 0 Å². The number of benzene rings is 1. The predicted octanol–water partition coefficient (Wildman–Crippen LogP) is 2.89. The van der Waals surface area contributed by atoms with Crippen molar-refractivity contribution in [2.24, 2.45) is 0 Å². The molecule has 1 saturated heterocycles. The first-order valence-corrected chi connectivity index (χ1v) is 8.53. The van der Waals surface area contributed by atoms with Crippen LogP contribution in [0.5, 0.6) is 0 Å². The Bertz CT molecular complexity index is 970. The van der Waals surface area contributed by atoms with Gasteiger partial charge in [-0.3, -0.25) is 9.20 Å². The Morgan fingerprint density at radius 1 is 1.40 bits per heavy atom. The normalized spacial score (nSPS) is 17.9. The summed E-state index contributed by atoms with van der Waals surface area (Å²) in [6.45, 7) is 3.66. The van der Waals surface area contributed by atoms with Crippen molar-refractivity contribution in [3.63, 3.8) is 0 Å². The summed E-state index contributed by atoms with van der Waals surface area (Å²) in [5.74, 6) is 0.801. The number of halogens is 1. The Morgan fingerprint density at radius 3 is 3.04 bits per heavy atom. The Kier molecular flexibility index (Phi) is 4.13. The van der Waals surface area contributed by atoms with Crippen molar-refractivity contribution in [3.8, 4) is 0 Å². The number of aromatic nitrogens is 3. The first kappa shape index (κ1) is 16.0. The average Bonchev–Trinajstić information content (AvgIpc) is 3.03. The molecule has 0 unspecified atom stereocenters. The van der Waals surface area contributed by atoms with Crippen LogP contribution in [-0.2, 0) is 11.3 Å². The lowest BCUT2D eigenvalue weighted by atomic mass is 10.0. The van der Waals surface area contributed by atoms with Gasteiger partial charge in [0.25, 0.3) is 5.56 Å². The zero-order valence-corrected chi connectivity index (χ0v) is 14.1. The highest BCUT2D eigenvalue weighted by Gasteiger charge is 2.22. The van der Waals surface area contributed by atoms with Crippen molar-refractivity contribution in [3.05, 3.63) is 69.9 Å². The smallest absolute Gasteiger partial charge is 0.276 e. The summed E-state index contributed by atoms with van der Waals surface area (Å²) in [7, 11) is 0. The fourth-order valence-electron chi connectivity index (χ4n) is 3.48. The standard InChI is InChI=1S/C19H20FN3O2/c1-13-10-23-17(9-21-18(23)15-5-3-7-25-12-15)19(24)22(13)11-14-4-2-6-16(20)8-14/h2,4,6,8-10,15H,3,5,7,11-12H2,1H3/t15-/m1/s1. The number of imidazole rings is 1. The largest absolute Gasteiger partial charge is 0.381 e. The van der Waals surface area contributed by atoms with Crippen LogP contribution in [-0.4, -0.2) is 27.2 Å². The number of aryl methyl sites for hydroxylation is 1. The Balaban J connectivity index is 1.76. The minimum absolute atomic E-state index is 0.111. The van der Waals surface area contributed by atoms with E-state index in [9.17, 15) is 9.18 Å². The van der Waals surface area contributed by atoms with E-state index in [1.165, 1.54) is 12.1 Å². The van der Waals surface area contributed by atoms with Crippen molar-refractivity contribution >= 4 is 5.52 Å². The van der Waals surface area contributed by atoms with E-state index in [-0.39, 0.29) is 17.3 Å². The SMILES string of the molecule is Cc1cn2c([C@@H]3CCCOC3)ncc2c(=O)n1Cc1cccc(F)c1. The summed E-state index contributed by atoms with van der Waals surface area (Å²) in [4.78, 5) is 17.4. The molecule has 0 bridgehead atoms. The fourth-order valence-corrected chi connectivity index (χ4v) is 3.48. The van der Waals surface area contributed by atoms with Gasteiger partial charge in [-0.05, 0) is 37.5 Å². The lowest BCUT2D eigenvalue weighted by Crippen LogP contribution is -2.26. The van der Waals surface area contributed by atoms with Gasteiger partial charge in [-0.25, -0.2) is 9.37 Å². The molecule has 1 fully saturated rings. The molecule has 0 aliphatic carbocycles. The van der Waals surface area contributed by atoms with Gasteiger partial charge in [0.05, 0.1) is 19.3 Å². The molecule has 6 heteroatoms. The van der Waals surface area contributed by atoms with Gasteiger partial charge in [0.15, 0.2) is 0 Å². The quantitative estimate of drug-likeness (QED) is 0.736. The average molecular weight is 341 g/mol. The molecule has 25 heavy (non-hydrogen) atoms. The van der Waals surface area contributed by atoms with E-state index < -0.39 is 0 Å². The molecule has 3 aromatic rings. The third-order valence-corrected chi connectivity index (χ3v) is 4.79. The second-order valence-corrected chi connectivity index (χ2v) is 6.58. The Labute approximate surface area is 144 Å². The maximum absolute atomic E-state index is 13.4. The van der Waals surface area contributed by atoms with E-state index in [4.69, 9.17) is 4.74 Å². The topological polar surface area (TPSA) is 48.5 Å². The van der Waals surface area contributed by atoms with Gasteiger partial charge >= 0.3 is 0 Å². The molecule has 0 spiro atoms. The number of rotatable bonds is 3. The molecule has 1 atom stereocenters. The van der Waals surface area contributed by atoms with Crippen LogP contribution in [0.25, 0.3) is 5.52 Å². The van der Waals surface area contributed by atoms with Crippen LogP contribution >= 0.6 is 0 Å². The molecule has 0 amide bonds. The number of hydrogen-bond donors (Lipinski definition) is 0. The van der Waals surface area contributed by atoms with Crippen LogP contribution < -0.4 is 5.56 Å². The predicted molar refractivity (Wildman–Crippen MR) is 92.5 cm³/mol. The number of ether oxygens (including phenoxy) is 1. The van der Waals surface area contributed by atoms with Crippen LogP contribution in [0.4, 0.5) is 4.39 Å². The van der Waals surface area contributed by atoms with E-state index >= 15 is 0 Å². The molecule has 4 rings (SSSR count). The molecule has 3 heterocycles. The highest BCUT2D eigenvalue weighted by molar-refractivity contribution is 5.45. The summed E-state index contributed by atoms with van der Waals surface area (Å²) in [5.41, 5.74) is 2.01. The lowest BCUT2D eigenvalue weighted by Gasteiger charge is -2.21. The summed E-state index contributed by atoms with van der Waals surface area (Å²) >= 11 is 0. The summed E-state index contributed by atoms with van der Waals surface area (Å²) in [6, 6.07) is 6.33. The minimum Gasteiger partial charge on any atom is -0.381 e. The minimum atomic E-state index is -0.298. The van der Waals surface area contributed by atoms with Gasteiger partial charge < -0.3 is 9.30 Å². The summed E-state index contributed by atoms with van der Waals surface area (Å²) < 4.78 is 22.5. The van der Waals surface area contributed by atoms with Crippen LogP contribution in [0.3, 0.4) is 0 Å². The molecular formula is C19H20FN3O2. The van der Waals surface area contributed by atoms with Crippen molar-refractivity contribution in [1.82, 2.24) is 14.0 Å². The maximum Gasteiger partial charge on any atom is 0.276 e.